The summed E-state index contributed by atoms with van der Waals surface area (Å²) in [5.74, 6) is 3.14. The molecule has 3 heterocycles. The Morgan fingerprint density at radius 2 is 1.71 bits per heavy atom. The predicted octanol–water partition coefficient (Wildman–Crippen LogP) is 3.54. The van der Waals surface area contributed by atoms with Crippen LogP contribution < -0.4 is 4.90 Å². The van der Waals surface area contributed by atoms with E-state index in [9.17, 15) is 4.79 Å². The minimum Gasteiger partial charge on any atom is -0.356 e. The van der Waals surface area contributed by atoms with Crippen LogP contribution in [-0.2, 0) is 11.2 Å². The first-order valence-corrected chi connectivity index (χ1v) is 10.6. The summed E-state index contributed by atoms with van der Waals surface area (Å²) in [6, 6.07) is 12.3. The van der Waals surface area contributed by atoms with Crippen molar-refractivity contribution in [1.82, 2.24) is 14.9 Å². The van der Waals surface area contributed by atoms with Crippen LogP contribution >= 0.6 is 0 Å². The number of carbonyl (C=O) groups excluding carboxylic acids is 1. The number of hydrogen-bond acceptors (Lipinski definition) is 4. The lowest BCUT2D eigenvalue weighted by molar-refractivity contribution is -0.137. The number of hydrogen-bond donors (Lipinski definition) is 0. The molecule has 5 heteroatoms. The predicted molar refractivity (Wildman–Crippen MR) is 111 cm³/mol. The maximum Gasteiger partial charge on any atom is 0.225 e. The highest BCUT2D eigenvalue weighted by molar-refractivity contribution is 5.79. The zero-order valence-electron chi connectivity index (χ0n) is 16.8. The van der Waals surface area contributed by atoms with E-state index in [1.54, 1.807) is 0 Å². The van der Waals surface area contributed by atoms with Crippen LogP contribution in [0.3, 0.4) is 0 Å². The number of aromatic nitrogens is 2. The summed E-state index contributed by atoms with van der Waals surface area (Å²) < 4.78 is 0. The molecule has 0 saturated carbocycles. The molecule has 1 aromatic heterocycles. The van der Waals surface area contributed by atoms with Gasteiger partial charge in [-0.3, -0.25) is 4.79 Å². The Balaban J connectivity index is 1.33. The van der Waals surface area contributed by atoms with Crippen LogP contribution in [0.5, 0.6) is 0 Å². The van der Waals surface area contributed by atoms with Crippen LogP contribution in [0.4, 0.5) is 5.82 Å². The molecule has 2 saturated heterocycles. The molecule has 0 aliphatic carbocycles. The molecule has 5 nitrogen and oxygen atoms in total. The van der Waals surface area contributed by atoms with Gasteiger partial charge in [0.1, 0.15) is 11.6 Å². The summed E-state index contributed by atoms with van der Waals surface area (Å²) >= 11 is 0. The third-order valence-electron chi connectivity index (χ3n) is 6.16. The van der Waals surface area contributed by atoms with E-state index in [4.69, 9.17) is 4.98 Å². The first-order valence-electron chi connectivity index (χ1n) is 10.6. The second kappa shape index (κ2) is 8.72. The molecule has 4 rings (SSSR count). The number of anilines is 1. The molecule has 2 aliphatic rings. The van der Waals surface area contributed by atoms with Crippen molar-refractivity contribution in [2.24, 2.45) is 11.8 Å². The lowest BCUT2D eigenvalue weighted by Crippen LogP contribution is -2.45. The number of benzene rings is 1. The van der Waals surface area contributed by atoms with Gasteiger partial charge in [-0.05, 0) is 43.2 Å². The van der Waals surface area contributed by atoms with Crippen molar-refractivity contribution in [3.63, 3.8) is 0 Å². The third-order valence-corrected chi connectivity index (χ3v) is 6.16. The van der Waals surface area contributed by atoms with E-state index >= 15 is 0 Å². The lowest BCUT2D eigenvalue weighted by Gasteiger charge is -2.37. The Hall–Kier alpha value is -2.43. The molecular weight excluding hydrogens is 348 g/mol. The summed E-state index contributed by atoms with van der Waals surface area (Å²) in [6.07, 6.45) is 6.74. The number of rotatable bonds is 4. The van der Waals surface area contributed by atoms with Crippen molar-refractivity contribution in [3.05, 3.63) is 54.0 Å². The molecule has 2 aliphatic heterocycles. The first-order chi connectivity index (χ1) is 13.7. The molecule has 148 valence electrons. The minimum atomic E-state index is 0.176. The molecule has 0 N–H and O–H groups in total. The third kappa shape index (κ3) is 4.51. The Morgan fingerprint density at radius 1 is 1.00 bits per heavy atom. The minimum absolute atomic E-state index is 0.176. The molecule has 0 unspecified atom stereocenters. The van der Waals surface area contributed by atoms with Crippen molar-refractivity contribution in [3.8, 4) is 0 Å². The molecule has 0 atom stereocenters. The number of nitrogens with zero attached hydrogens (tertiary/aromatic N) is 4. The van der Waals surface area contributed by atoms with E-state index in [0.717, 1.165) is 75.8 Å². The van der Waals surface area contributed by atoms with Crippen LogP contribution in [0, 0.1) is 11.8 Å². The van der Waals surface area contributed by atoms with Crippen LogP contribution in [0.1, 0.15) is 44.0 Å². The molecule has 1 amide bonds. The van der Waals surface area contributed by atoms with Crippen molar-refractivity contribution in [2.45, 2.75) is 39.0 Å². The summed E-state index contributed by atoms with van der Waals surface area (Å²) in [6.45, 7) is 5.95. The molecule has 0 bridgehead atoms. The maximum absolute atomic E-state index is 12.8. The average Bonchev–Trinajstić information content (AvgIpc) is 2.75. The Labute approximate surface area is 167 Å². The molecule has 0 spiro atoms. The van der Waals surface area contributed by atoms with E-state index < -0.39 is 0 Å². The molecular formula is C23H30N4O. The van der Waals surface area contributed by atoms with Gasteiger partial charge in [-0.15, -0.1) is 0 Å². The molecule has 1 aromatic carbocycles. The summed E-state index contributed by atoms with van der Waals surface area (Å²) in [5, 5.41) is 0. The highest BCUT2D eigenvalue weighted by Gasteiger charge is 2.30. The largest absolute Gasteiger partial charge is 0.356 e. The molecule has 2 aromatic rings. The smallest absolute Gasteiger partial charge is 0.225 e. The fraction of sp³-hybridized carbons (Fsp3) is 0.522. The van der Waals surface area contributed by atoms with Gasteiger partial charge in [0.2, 0.25) is 5.91 Å². The van der Waals surface area contributed by atoms with Crippen molar-refractivity contribution in [1.29, 1.82) is 0 Å². The summed E-state index contributed by atoms with van der Waals surface area (Å²) in [5.41, 5.74) is 1.22. The van der Waals surface area contributed by atoms with Crippen LogP contribution in [-0.4, -0.2) is 47.0 Å². The van der Waals surface area contributed by atoms with Gasteiger partial charge in [0.15, 0.2) is 0 Å². The zero-order valence-corrected chi connectivity index (χ0v) is 16.8. The number of piperidine rings is 2. The van der Waals surface area contributed by atoms with Crippen molar-refractivity contribution >= 4 is 11.7 Å². The highest BCUT2D eigenvalue weighted by Crippen LogP contribution is 2.25. The fourth-order valence-corrected chi connectivity index (χ4v) is 4.27. The second-order valence-corrected chi connectivity index (χ2v) is 8.26. The Kier molecular flexibility index (Phi) is 5.89. The number of carbonyl (C=O) groups is 1. The van der Waals surface area contributed by atoms with Gasteiger partial charge in [0.05, 0.1) is 0 Å². The quantitative estimate of drug-likeness (QED) is 0.816. The SMILES string of the molecule is CC1CCN(C(=O)C2CCN(c3ccnc(Cc4ccccc4)n3)CC2)CC1. The summed E-state index contributed by atoms with van der Waals surface area (Å²) in [7, 11) is 0. The van der Waals surface area contributed by atoms with Crippen molar-refractivity contribution in [2.75, 3.05) is 31.1 Å². The van der Waals surface area contributed by atoms with E-state index in [-0.39, 0.29) is 5.92 Å². The normalized spacial score (nSPS) is 19.0. The number of likely N-dealkylation sites (tertiary alicyclic amines) is 1. The fourth-order valence-electron chi connectivity index (χ4n) is 4.27. The Morgan fingerprint density at radius 3 is 2.43 bits per heavy atom. The van der Waals surface area contributed by atoms with Gasteiger partial charge in [-0.25, -0.2) is 9.97 Å². The van der Waals surface area contributed by atoms with Gasteiger partial charge in [-0.2, -0.15) is 0 Å². The first kappa shape index (κ1) is 18.9. The van der Waals surface area contributed by atoms with E-state index in [2.05, 4.69) is 33.8 Å². The maximum atomic E-state index is 12.8. The molecule has 2 fully saturated rings. The highest BCUT2D eigenvalue weighted by atomic mass is 16.2. The standard InChI is InChI=1S/C23H30N4O/c1-18-8-13-27(14-9-18)23(28)20-10-15-26(16-11-20)22-7-12-24-21(25-22)17-19-5-3-2-4-6-19/h2-7,12,18,20H,8-11,13-17H2,1H3. The van der Waals surface area contributed by atoms with Crippen LogP contribution in [0.25, 0.3) is 0 Å². The van der Waals surface area contributed by atoms with Gasteiger partial charge in [-0.1, -0.05) is 37.3 Å². The zero-order chi connectivity index (χ0) is 19.3. The van der Waals surface area contributed by atoms with Gasteiger partial charge >= 0.3 is 0 Å². The van der Waals surface area contributed by atoms with Crippen molar-refractivity contribution < 1.29 is 4.79 Å². The van der Waals surface area contributed by atoms with E-state index in [1.807, 2.05) is 30.5 Å². The van der Waals surface area contributed by atoms with Crippen LogP contribution in [0.2, 0.25) is 0 Å². The average molecular weight is 379 g/mol. The Bertz CT molecular complexity index is 778. The van der Waals surface area contributed by atoms with Gasteiger partial charge in [0, 0.05) is 44.7 Å². The molecule has 28 heavy (non-hydrogen) atoms. The topological polar surface area (TPSA) is 49.3 Å². The second-order valence-electron chi connectivity index (χ2n) is 8.26. The molecule has 0 radical (unpaired) electrons. The van der Waals surface area contributed by atoms with E-state index in [1.165, 1.54) is 5.56 Å². The monoisotopic (exact) mass is 378 g/mol. The van der Waals surface area contributed by atoms with Gasteiger partial charge < -0.3 is 9.80 Å². The van der Waals surface area contributed by atoms with Gasteiger partial charge in [0.25, 0.3) is 0 Å². The van der Waals surface area contributed by atoms with E-state index in [0.29, 0.717) is 5.91 Å². The van der Waals surface area contributed by atoms with Crippen LogP contribution in [0.15, 0.2) is 42.6 Å². The number of amides is 1. The lowest BCUT2D eigenvalue weighted by atomic mass is 9.92. The summed E-state index contributed by atoms with van der Waals surface area (Å²) in [4.78, 5) is 26.5.